The molecule has 0 amide bonds. The van der Waals surface area contributed by atoms with Gasteiger partial charge in [0.05, 0.1) is 28.9 Å². The molecule has 1 fully saturated rings. The van der Waals surface area contributed by atoms with Gasteiger partial charge in [0.1, 0.15) is 5.69 Å². The van der Waals surface area contributed by atoms with Crippen molar-refractivity contribution in [3.63, 3.8) is 0 Å². The van der Waals surface area contributed by atoms with Gasteiger partial charge in [-0.1, -0.05) is 6.07 Å². The molecule has 7 heteroatoms. The zero-order valence-electron chi connectivity index (χ0n) is 10.2. The summed E-state index contributed by atoms with van der Waals surface area (Å²) in [5.74, 6) is 0.353. The van der Waals surface area contributed by atoms with Gasteiger partial charge >= 0.3 is 0 Å². The Labute approximate surface area is 111 Å². The highest BCUT2D eigenvalue weighted by atomic mass is 32.2. The second kappa shape index (κ2) is 4.34. The molecule has 2 N–H and O–H groups in total. The van der Waals surface area contributed by atoms with E-state index in [1.165, 1.54) is 0 Å². The van der Waals surface area contributed by atoms with Crippen LogP contribution in [0.3, 0.4) is 0 Å². The molecule has 0 aromatic carbocycles. The van der Waals surface area contributed by atoms with Gasteiger partial charge in [0.25, 0.3) is 0 Å². The average Bonchev–Trinajstić information content (AvgIpc) is 2.93. The Morgan fingerprint density at radius 2 is 2.21 bits per heavy atom. The molecule has 6 nitrogen and oxygen atoms in total. The van der Waals surface area contributed by atoms with Crippen LogP contribution < -0.4 is 5.73 Å². The van der Waals surface area contributed by atoms with Gasteiger partial charge in [-0.05, 0) is 18.6 Å². The van der Waals surface area contributed by atoms with E-state index in [2.05, 4.69) is 10.1 Å². The Morgan fingerprint density at radius 3 is 2.84 bits per heavy atom. The largest absolute Gasteiger partial charge is 0.396 e. The monoisotopic (exact) mass is 278 g/mol. The molecule has 1 aliphatic rings. The van der Waals surface area contributed by atoms with Crippen LogP contribution in [0, 0.1) is 0 Å². The molecule has 1 saturated heterocycles. The Morgan fingerprint density at radius 1 is 1.37 bits per heavy atom. The van der Waals surface area contributed by atoms with Crippen molar-refractivity contribution in [2.75, 3.05) is 17.2 Å². The lowest BCUT2D eigenvalue weighted by atomic mass is 10.2. The summed E-state index contributed by atoms with van der Waals surface area (Å²) >= 11 is 0. The molecule has 2 aromatic rings. The smallest absolute Gasteiger partial charge is 0.152 e. The predicted octanol–water partition coefficient (Wildman–Crippen LogP) is 0.887. The van der Waals surface area contributed by atoms with Gasteiger partial charge in [0, 0.05) is 12.4 Å². The average molecular weight is 278 g/mol. The Kier molecular flexibility index (Phi) is 2.78. The van der Waals surface area contributed by atoms with Crippen LogP contribution in [-0.2, 0) is 9.84 Å². The minimum atomic E-state index is -2.93. The molecular formula is C12H14N4O2S. The molecule has 1 unspecified atom stereocenters. The van der Waals surface area contributed by atoms with Gasteiger partial charge in [-0.2, -0.15) is 5.10 Å². The van der Waals surface area contributed by atoms with Gasteiger partial charge in [-0.25, -0.2) is 8.42 Å². The Balaban J connectivity index is 1.95. The van der Waals surface area contributed by atoms with Crippen molar-refractivity contribution in [3.05, 3.63) is 30.6 Å². The maximum absolute atomic E-state index is 11.5. The molecule has 0 bridgehead atoms. The molecule has 3 rings (SSSR count). The van der Waals surface area contributed by atoms with E-state index in [1.54, 1.807) is 17.1 Å². The lowest BCUT2D eigenvalue weighted by Gasteiger charge is -2.07. The van der Waals surface area contributed by atoms with Crippen molar-refractivity contribution in [2.24, 2.45) is 0 Å². The van der Waals surface area contributed by atoms with Gasteiger partial charge in [-0.3, -0.25) is 9.67 Å². The fourth-order valence-electron chi connectivity index (χ4n) is 2.28. The summed E-state index contributed by atoms with van der Waals surface area (Å²) in [4.78, 5) is 4.20. The molecular weight excluding hydrogens is 264 g/mol. The fourth-order valence-corrected chi connectivity index (χ4v) is 3.98. The van der Waals surface area contributed by atoms with Crippen molar-refractivity contribution in [1.29, 1.82) is 0 Å². The summed E-state index contributed by atoms with van der Waals surface area (Å²) in [5, 5.41) is 4.39. The third-order valence-electron chi connectivity index (χ3n) is 3.25. The second-order valence-electron chi connectivity index (χ2n) is 4.68. The van der Waals surface area contributed by atoms with Gasteiger partial charge < -0.3 is 5.73 Å². The van der Waals surface area contributed by atoms with Gasteiger partial charge in [0.2, 0.25) is 0 Å². The van der Waals surface area contributed by atoms with Crippen molar-refractivity contribution in [1.82, 2.24) is 14.8 Å². The first kappa shape index (κ1) is 12.2. The summed E-state index contributed by atoms with van der Waals surface area (Å²) in [7, 11) is -2.93. The normalized spacial score (nSPS) is 21.6. The van der Waals surface area contributed by atoms with Crippen molar-refractivity contribution >= 4 is 15.5 Å². The molecule has 1 atom stereocenters. The minimum absolute atomic E-state index is 0.121. The van der Waals surface area contributed by atoms with Crippen LogP contribution in [0.4, 0.5) is 5.69 Å². The summed E-state index contributed by atoms with van der Waals surface area (Å²) < 4.78 is 24.6. The van der Waals surface area contributed by atoms with E-state index in [0.717, 1.165) is 0 Å². The maximum Gasteiger partial charge on any atom is 0.152 e. The van der Waals surface area contributed by atoms with Crippen molar-refractivity contribution < 1.29 is 8.42 Å². The lowest BCUT2D eigenvalue weighted by Crippen LogP contribution is -2.11. The number of sulfone groups is 1. The molecule has 3 heterocycles. The highest BCUT2D eigenvalue weighted by molar-refractivity contribution is 7.91. The van der Waals surface area contributed by atoms with Crippen molar-refractivity contribution in [2.45, 2.75) is 12.5 Å². The number of pyridine rings is 1. The molecule has 0 aliphatic carbocycles. The standard InChI is InChI=1S/C12H14N4O2S/c13-10-7-16(9-4-6-19(17,18)8-9)15-12(10)11-3-1-2-5-14-11/h1-3,5,7,9H,4,6,8,13H2. The number of nitrogen functional groups attached to an aromatic ring is 1. The van der Waals surface area contributed by atoms with Crippen molar-refractivity contribution in [3.8, 4) is 11.4 Å². The molecule has 1 aliphatic heterocycles. The first-order valence-electron chi connectivity index (χ1n) is 6.02. The number of hydrogen-bond acceptors (Lipinski definition) is 5. The lowest BCUT2D eigenvalue weighted by molar-refractivity contribution is 0.501. The van der Waals surface area contributed by atoms with E-state index in [1.807, 2.05) is 18.2 Å². The Hall–Kier alpha value is -1.89. The molecule has 19 heavy (non-hydrogen) atoms. The molecule has 0 saturated carbocycles. The maximum atomic E-state index is 11.5. The van der Waals surface area contributed by atoms with E-state index in [0.29, 0.717) is 23.5 Å². The highest BCUT2D eigenvalue weighted by Crippen LogP contribution is 2.28. The number of nitrogens with zero attached hydrogens (tertiary/aromatic N) is 3. The number of aromatic nitrogens is 3. The van der Waals surface area contributed by atoms with E-state index < -0.39 is 9.84 Å². The molecule has 0 radical (unpaired) electrons. The van der Waals surface area contributed by atoms with Crippen LogP contribution >= 0.6 is 0 Å². The summed E-state index contributed by atoms with van der Waals surface area (Å²) in [5.41, 5.74) is 7.75. The highest BCUT2D eigenvalue weighted by Gasteiger charge is 2.30. The van der Waals surface area contributed by atoms with Crippen LogP contribution in [0.1, 0.15) is 12.5 Å². The SMILES string of the molecule is Nc1cn(C2CCS(=O)(=O)C2)nc1-c1ccccn1. The van der Waals surface area contributed by atoms with Gasteiger partial charge in [0.15, 0.2) is 9.84 Å². The topological polar surface area (TPSA) is 90.9 Å². The fraction of sp³-hybridized carbons (Fsp3) is 0.333. The third kappa shape index (κ3) is 2.33. The van der Waals surface area contributed by atoms with Crippen LogP contribution in [0.25, 0.3) is 11.4 Å². The third-order valence-corrected chi connectivity index (χ3v) is 5.00. The summed E-state index contributed by atoms with van der Waals surface area (Å²) in [6.45, 7) is 0. The number of nitrogens with two attached hydrogens (primary N) is 1. The first-order chi connectivity index (χ1) is 9.05. The number of anilines is 1. The zero-order chi connectivity index (χ0) is 13.5. The van der Waals surface area contributed by atoms with Crippen LogP contribution in [0.5, 0.6) is 0 Å². The second-order valence-corrected chi connectivity index (χ2v) is 6.91. The van der Waals surface area contributed by atoms with Crippen LogP contribution in [0.2, 0.25) is 0 Å². The number of hydrogen-bond donors (Lipinski definition) is 1. The molecule has 100 valence electrons. The minimum Gasteiger partial charge on any atom is -0.396 e. The van der Waals surface area contributed by atoms with E-state index in [4.69, 9.17) is 5.73 Å². The van der Waals surface area contributed by atoms with E-state index in [9.17, 15) is 8.42 Å². The van der Waals surface area contributed by atoms with Gasteiger partial charge in [-0.15, -0.1) is 0 Å². The van der Waals surface area contributed by atoms with E-state index >= 15 is 0 Å². The predicted molar refractivity (Wildman–Crippen MR) is 72.2 cm³/mol. The summed E-state index contributed by atoms with van der Waals surface area (Å²) in [6, 6.07) is 5.39. The zero-order valence-corrected chi connectivity index (χ0v) is 11.0. The molecule has 2 aromatic heterocycles. The number of rotatable bonds is 2. The summed E-state index contributed by atoms with van der Waals surface area (Å²) in [6.07, 6.45) is 3.95. The van der Waals surface area contributed by atoms with Crippen LogP contribution in [-0.4, -0.2) is 34.7 Å². The van der Waals surface area contributed by atoms with Crippen LogP contribution in [0.15, 0.2) is 30.6 Å². The van der Waals surface area contributed by atoms with E-state index in [-0.39, 0.29) is 17.5 Å². The Bertz CT molecular complexity index is 694. The molecule has 0 spiro atoms. The quantitative estimate of drug-likeness (QED) is 0.880. The first-order valence-corrected chi connectivity index (χ1v) is 7.84.